The van der Waals surface area contributed by atoms with E-state index in [1.54, 1.807) is 12.1 Å². The van der Waals surface area contributed by atoms with Crippen molar-refractivity contribution in [2.75, 3.05) is 26.2 Å². The van der Waals surface area contributed by atoms with E-state index >= 15 is 0 Å². The van der Waals surface area contributed by atoms with Crippen LogP contribution in [0.2, 0.25) is 0 Å². The Hall–Kier alpha value is -1.92. The lowest BCUT2D eigenvalue weighted by molar-refractivity contribution is 0.0612. The summed E-state index contributed by atoms with van der Waals surface area (Å²) in [5.74, 6) is -1.22. The molecule has 0 aromatic heterocycles. The minimum absolute atomic E-state index is 0.133. The fourth-order valence-electron chi connectivity index (χ4n) is 3.40. The van der Waals surface area contributed by atoms with Crippen LogP contribution in [0, 0.1) is 0 Å². The molecule has 2 N–H and O–H groups in total. The Kier molecular flexibility index (Phi) is 5.48. The number of carbonyl (C=O) groups excluding carboxylic acids is 1. The molecule has 2 aliphatic rings. The van der Waals surface area contributed by atoms with Crippen molar-refractivity contribution in [3.05, 3.63) is 35.4 Å². The number of amides is 1. The predicted molar refractivity (Wildman–Crippen MR) is 89.3 cm³/mol. The van der Waals surface area contributed by atoms with Gasteiger partial charge in [-0.15, -0.1) is 0 Å². The molecule has 0 unspecified atom stereocenters. The zero-order valence-corrected chi connectivity index (χ0v) is 13.7. The van der Waals surface area contributed by atoms with Crippen LogP contribution >= 0.6 is 0 Å². The lowest BCUT2D eigenvalue weighted by Gasteiger charge is -2.33. The number of carboxylic acids is 1. The molecule has 0 saturated carbocycles. The van der Waals surface area contributed by atoms with Gasteiger partial charge in [0.05, 0.1) is 11.7 Å². The minimum atomic E-state index is -1.02. The Balaban J connectivity index is 1.47. The van der Waals surface area contributed by atoms with Gasteiger partial charge in [-0.3, -0.25) is 4.79 Å². The second-order valence-corrected chi connectivity index (χ2v) is 6.57. The molecule has 2 heterocycles. The Morgan fingerprint density at radius 3 is 2.62 bits per heavy atom. The molecule has 6 heteroatoms. The molecule has 2 aliphatic heterocycles. The summed E-state index contributed by atoms with van der Waals surface area (Å²) in [5.41, 5.74) is 0.533. The molecule has 2 fully saturated rings. The summed E-state index contributed by atoms with van der Waals surface area (Å²) in [6, 6.07) is 6.30. The number of ether oxygens (including phenoxy) is 1. The van der Waals surface area contributed by atoms with E-state index in [2.05, 4.69) is 10.2 Å². The number of piperidine rings is 1. The first-order valence-electron chi connectivity index (χ1n) is 8.60. The fraction of sp³-hybridized carbons (Fsp3) is 0.556. The van der Waals surface area contributed by atoms with E-state index < -0.39 is 5.97 Å². The lowest BCUT2D eigenvalue weighted by atomic mass is 10.0. The number of rotatable bonds is 5. The molecular weight excluding hydrogens is 308 g/mol. The third-order valence-electron chi connectivity index (χ3n) is 4.78. The van der Waals surface area contributed by atoms with E-state index in [4.69, 9.17) is 9.84 Å². The van der Waals surface area contributed by atoms with Crippen LogP contribution in [0.4, 0.5) is 0 Å². The summed E-state index contributed by atoms with van der Waals surface area (Å²) in [4.78, 5) is 25.7. The van der Waals surface area contributed by atoms with Gasteiger partial charge in [-0.2, -0.15) is 0 Å². The molecule has 2 saturated heterocycles. The second kappa shape index (κ2) is 7.77. The van der Waals surface area contributed by atoms with Crippen molar-refractivity contribution in [2.24, 2.45) is 0 Å². The highest BCUT2D eigenvalue weighted by atomic mass is 16.5. The quantitative estimate of drug-likeness (QED) is 0.859. The van der Waals surface area contributed by atoms with Gasteiger partial charge in [0.2, 0.25) is 0 Å². The van der Waals surface area contributed by atoms with Crippen molar-refractivity contribution in [3.63, 3.8) is 0 Å². The topological polar surface area (TPSA) is 78.9 Å². The van der Waals surface area contributed by atoms with Crippen molar-refractivity contribution in [1.82, 2.24) is 10.2 Å². The van der Waals surface area contributed by atoms with Crippen LogP contribution in [0.25, 0.3) is 0 Å². The standard InChI is InChI=1S/C18H24N2O4/c21-17(13-3-1-4-14(11-13)18(22)23)19-15-6-8-20(9-7-15)12-16-5-2-10-24-16/h1,3-4,11,15-16H,2,5-10,12H2,(H,19,21)(H,22,23)/t16-/m0/s1. The fourth-order valence-corrected chi connectivity index (χ4v) is 3.40. The van der Waals surface area contributed by atoms with Crippen LogP contribution in [-0.2, 0) is 4.74 Å². The number of hydrogen-bond donors (Lipinski definition) is 2. The van der Waals surface area contributed by atoms with Crippen LogP contribution in [0.3, 0.4) is 0 Å². The summed E-state index contributed by atoms with van der Waals surface area (Å²) in [6.07, 6.45) is 4.51. The van der Waals surface area contributed by atoms with Gasteiger partial charge in [-0.25, -0.2) is 4.79 Å². The molecule has 6 nitrogen and oxygen atoms in total. The third kappa shape index (κ3) is 4.33. The number of hydrogen-bond acceptors (Lipinski definition) is 4. The van der Waals surface area contributed by atoms with Crippen LogP contribution in [0.5, 0.6) is 0 Å². The van der Waals surface area contributed by atoms with Crippen molar-refractivity contribution >= 4 is 11.9 Å². The van der Waals surface area contributed by atoms with E-state index in [-0.39, 0.29) is 17.5 Å². The molecule has 1 atom stereocenters. The van der Waals surface area contributed by atoms with E-state index in [1.165, 1.54) is 12.1 Å². The Bertz CT molecular complexity index is 590. The lowest BCUT2D eigenvalue weighted by Crippen LogP contribution is -2.46. The van der Waals surface area contributed by atoms with Crippen LogP contribution in [-0.4, -0.2) is 60.3 Å². The number of nitrogens with zero attached hydrogens (tertiary/aromatic N) is 1. The Labute approximate surface area is 141 Å². The monoisotopic (exact) mass is 332 g/mol. The highest BCUT2D eigenvalue weighted by Crippen LogP contribution is 2.17. The molecule has 3 rings (SSSR count). The van der Waals surface area contributed by atoms with Gasteiger partial charge >= 0.3 is 5.97 Å². The van der Waals surface area contributed by atoms with Crippen LogP contribution < -0.4 is 5.32 Å². The normalized spacial score (nSPS) is 22.4. The highest BCUT2D eigenvalue weighted by Gasteiger charge is 2.25. The summed E-state index contributed by atoms with van der Waals surface area (Å²) >= 11 is 0. The highest BCUT2D eigenvalue weighted by molar-refractivity contribution is 5.97. The van der Waals surface area contributed by atoms with Gasteiger partial charge in [0.1, 0.15) is 0 Å². The van der Waals surface area contributed by atoms with Gasteiger partial charge in [0.25, 0.3) is 5.91 Å². The molecule has 24 heavy (non-hydrogen) atoms. The molecule has 0 spiro atoms. The molecule has 130 valence electrons. The molecule has 1 aromatic rings. The average molecular weight is 332 g/mol. The van der Waals surface area contributed by atoms with Crippen molar-refractivity contribution in [3.8, 4) is 0 Å². The maximum Gasteiger partial charge on any atom is 0.335 e. The predicted octanol–water partition coefficient (Wildman–Crippen LogP) is 1.76. The zero-order chi connectivity index (χ0) is 16.9. The number of benzene rings is 1. The second-order valence-electron chi connectivity index (χ2n) is 6.57. The van der Waals surface area contributed by atoms with Crippen LogP contribution in [0.1, 0.15) is 46.4 Å². The summed E-state index contributed by atoms with van der Waals surface area (Å²) < 4.78 is 5.68. The number of likely N-dealkylation sites (tertiary alicyclic amines) is 1. The zero-order valence-electron chi connectivity index (χ0n) is 13.7. The molecule has 0 bridgehead atoms. The molecule has 1 amide bonds. The van der Waals surface area contributed by atoms with Gasteiger partial charge in [-0.05, 0) is 43.9 Å². The number of carbonyl (C=O) groups is 2. The first kappa shape index (κ1) is 16.9. The summed E-state index contributed by atoms with van der Waals surface area (Å²) in [7, 11) is 0. The largest absolute Gasteiger partial charge is 0.478 e. The maximum absolute atomic E-state index is 12.3. The molecule has 1 aromatic carbocycles. The van der Waals surface area contributed by atoms with E-state index in [1.807, 2.05) is 0 Å². The Morgan fingerprint density at radius 2 is 1.96 bits per heavy atom. The molecular formula is C18H24N2O4. The van der Waals surface area contributed by atoms with E-state index in [0.29, 0.717) is 11.7 Å². The first-order chi connectivity index (χ1) is 11.6. The SMILES string of the molecule is O=C(O)c1cccc(C(=O)NC2CCN(C[C@@H]3CCCO3)CC2)c1. The van der Waals surface area contributed by atoms with Crippen molar-refractivity contribution in [2.45, 2.75) is 37.8 Å². The van der Waals surface area contributed by atoms with Crippen molar-refractivity contribution < 1.29 is 19.4 Å². The number of carboxylic acid groups (broad SMARTS) is 1. The van der Waals surface area contributed by atoms with E-state index in [0.717, 1.165) is 51.9 Å². The average Bonchev–Trinajstić information content (AvgIpc) is 3.10. The van der Waals surface area contributed by atoms with Crippen molar-refractivity contribution in [1.29, 1.82) is 0 Å². The molecule has 0 radical (unpaired) electrons. The first-order valence-corrected chi connectivity index (χ1v) is 8.60. The maximum atomic E-state index is 12.3. The minimum Gasteiger partial charge on any atom is -0.478 e. The number of nitrogens with one attached hydrogen (secondary N) is 1. The smallest absolute Gasteiger partial charge is 0.335 e. The van der Waals surface area contributed by atoms with Crippen LogP contribution in [0.15, 0.2) is 24.3 Å². The van der Waals surface area contributed by atoms with Gasteiger partial charge in [-0.1, -0.05) is 6.07 Å². The number of aromatic carboxylic acids is 1. The van der Waals surface area contributed by atoms with E-state index in [9.17, 15) is 9.59 Å². The Morgan fingerprint density at radius 1 is 1.21 bits per heavy atom. The molecule has 0 aliphatic carbocycles. The summed E-state index contributed by atoms with van der Waals surface area (Å²) in [6.45, 7) is 3.79. The van der Waals surface area contributed by atoms with Gasteiger partial charge in [0.15, 0.2) is 0 Å². The van der Waals surface area contributed by atoms with Gasteiger partial charge < -0.3 is 20.1 Å². The third-order valence-corrected chi connectivity index (χ3v) is 4.78. The summed E-state index contributed by atoms with van der Waals surface area (Å²) in [5, 5.41) is 12.0. The van der Waals surface area contributed by atoms with Gasteiger partial charge in [0, 0.05) is 37.8 Å².